The monoisotopic (exact) mass is 138 g/mol. The second-order valence-electron chi connectivity index (χ2n) is 0. The van der Waals surface area contributed by atoms with Gasteiger partial charge in [-0.2, -0.15) is 0 Å². The van der Waals surface area contributed by atoms with E-state index < -0.39 is 0 Å². The van der Waals surface area contributed by atoms with Crippen molar-refractivity contribution in [3.63, 3.8) is 0 Å². The minimum Gasteiger partial charge on any atom is -0.124 e. The van der Waals surface area contributed by atoms with E-state index in [2.05, 4.69) is 12.8 Å². The summed E-state index contributed by atoms with van der Waals surface area (Å²) in [6, 6.07) is 0. The van der Waals surface area contributed by atoms with Gasteiger partial charge in [0.1, 0.15) is 0 Å². The summed E-state index contributed by atoms with van der Waals surface area (Å²) in [6.45, 7) is 0. The minimum atomic E-state index is 0. The smallest absolute Gasteiger partial charge is 0.0776 e. The molecule has 0 bridgehead atoms. The fourth-order valence-corrected chi connectivity index (χ4v) is 0. The van der Waals surface area contributed by atoms with Crippen molar-refractivity contribution < 1.29 is 0 Å². The minimum absolute atomic E-state index is 0. The van der Waals surface area contributed by atoms with Gasteiger partial charge in [0.25, 0.3) is 0 Å². The molecule has 0 saturated heterocycles. The van der Waals surface area contributed by atoms with Crippen molar-refractivity contribution >= 4 is 0 Å². The Balaban J connectivity index is -0.000000000238. The van der Waals surface area contributed by atoms with E-state index in [0.29, 0.717) is 0 Å². The first-order valence-corrected chi connectivity index (χ1v) is 0.333. The molecule has 0 aliphatic carbocycles. The maximum atomic E-state index is 4.00. The largest absolute Gasteiger partial charge is 0.124 e. The van der Waals surface area contributed by atoms with Crippen molar-refractivity contribution in [1.82, 2.24) is 0 Å². The lowest BCUT2D eigenvalue weighted by Crippen LogP contribution is -0.576. The summed E-state index contributed by atoms with van der Waals surface area (Å²) in [6.07, 6.45) is 8.00. The molecule has 0 aliphatic rings. The molecule has 0 amide bonds. The quantitative estimate of drug-likeness (QED) is 0.426. The van der Waals surface area contributed by atoms with Gasteiger partial charge in [-0.25, -0.2) is 0 Å². The van der Waals surface area contributed by atoms with E-state index in [1.54, 1.807) is 0 Å². The Morgan fingerprint density at radius 1 is 0.333 bits per heavy atom. The zero-order valence-electron chi connectivity index (χ0n) is 1.15. The summed E-state index contributed by atoms with van der Waals surface area (Å²) in [5.41, 5.74) is 0. The van der Waals surface area contributed by atoms with Crippen molar-refractivity contribution in [1.29, 1.82) is 0 Å². The first-order chi connectivity index (χ1) is 1.00. The predicted octanol–water partition coefficient (Wildman–Crippen LogP) is 4.70. The van der Waals surface area contributed by atoms with Crippen LogP contribution in [-0.4, -0.2) is 0 Å². The molecule has 0 heteroatoms. The van der Waals surface area contributed by atoms with E-state index >= 15 is 0 Å². The summed E-state index contributed by atoms with van der Waals surface area (Å²) in [5.74, 6) is 0. The highest BCUT2D eigenvalue weighted by Crippen LogP contribution is 0.579. The Hall–Kier alpha value is -0.440. The van der Waals surface area contributed by atoms with Crippen LogP contribution in [0.25, 0.3) is 0 Å². The summed E-state index contributed by atoms with van der Waals surface area (Å²) < 4.78 is 0. The molecule has 0 radical (unpaired) electrons. The van der Waals surface area contributed by atoms with Crippen LogP contribution < -0.4 is 0 Å². The average molecular weight is 138 g/mol. The van der Waals surface area contributed by atoms with E-state index in [9.17, 15) is 0 Å². The molecule has 0 unspecified atom stereocenters. The van der Waals surface area contributed by atoms with Crippen LogP contribution in [0.4, 0.5) is 0 Å². The van der Waals surface area contributed by atoms with E-state index in [1.165, 1.54) is 0 Å². The third kappa shape index (κ3) is 1210. The molecular weight excluding hydrogens is 108 g/mol. The lowest BCUT2D eigenvalue weighted by Gasteiger charge is -0.701. The third-order valence-electron chi connectivity index (χ3n) is 0. The van der Waals surface area contributed by atoms with Crippen LogP contribution in [-0.2, 0) is 0 Å². The summed E-state index contributed by atoms with van der Waals surface area (Å²) in [7, 11) is 0. The lowest BCUT2D eigenvalue weighted by atomic mass is 11.4. The Labute approximate surface area is 65.7 Å². The van der Waals surface area contributed by atoms with Crippen molar-refractivity contribution in [3.05, 3.63) is 0 Å². The predicted molar refractivity (Wildman–Crippen MR) is 57.0 cm³/mol. The van der Waals surface area contributed by atoms with Gasteiger partial charge in [-0.1, -0.05) is 52.0 Å². The molecule has 0 N–H and O–H groups in total. The van der Waals surface area contributed by atoms with Crippen molar-refractivity contribution in [2.75, 3.05) is 0 Å². The molecule has 0 saturated carbocycles. The van der Waals surface area contributed by atoms with Crippen LogP contribution in [0.2, 0.25) is 0 Å². The standard InChI is InChI=1S/C2H2.7CH4/c1-2;;;;;;;/h1-2H;7*1H4. The molecular formula is C9H30. The van der Waals surface area contributed by atoms with Gasteiger partial charge in [-0.3, -0.25) is 0 Å². The molecule has 66 valence electrons. The fraction of sp³-hybridized carbons (Fsp3) is 0.778. The highest BCUT2D eigenvalue weighted by Gasteiger charge is 0.454. The lowest BCUT2D eigenvalue weighted by molar-refractivity contribution is 2.50. The summed E-state index contributed by atoms with van der Waals surface area (Å²) >= 11 is 0. The van der Waals surface area contributed by atoms with Crippen LogP contribution in [0.1, 0.15) is 52.0 Å². The van der Waals surface area contributed by atoms with Gasteiger partial charge < -0.3 is 0 Å². The summed E-state index contributed by atoms with van der Waals surface area (Å²) in [4.78, 5) is 0. The molecule has 0 heterocycles. The SMILES string of the molecule is C.C.C.C.C.C.C.C#C. The molecule has 0 rings (SSSR count). The Kier molecular flexibility index (Phi) is 291000. The average Bonchev–Trinajstić information content (AvgIpc) is 1.00. The second kappa shape index (κ2) is 1680. The number of hydrogen-bond donors (Lipinski definition) is 0. The highest BCUT2D eigenvalue weighted by atomic mass is 12.6. The molecule has 0 aliphatic heterocycles. The van der Waals surface area contributed by atoms with Gasteiger partial charge in [-0.05, 0) is 0 Å². The van der Waals surface area contributed by atoms with Gasteiger partial charge in [0.05, 0.1) is 0 Å². The fourth-order valence-electron chi connectivity index (χ4n) is 0. The molecule has 0 spiro atoms. The van der Waals surface area contributed by atoms with Crippen molar-refractivity contribution in [2.24, 2.45) is 0 Å². The van der Waals surface area contributed by atoms with Crippen LogP contribution in [0.15, 0.2) is 0 Å². The van der Waals surface area contributed by atoms with Crippen LogP contribution >= 0.6 is 0 Å². The number of hydrogen-bond acceptors (Lipinski definition) is 0. The van der Waals surface area contributed by atoms with E-state index in [1.807, 2.05) is 0 Å². The maximum absolute atomic E-state index is 4.00. The molecule has 9 heavy (non-hydrogen) atoms. The van der Waals surface area contributed by atoms with E-state index in [-0.39, 0.29) is 52.0 Å². The zero-order chi connectivity index (χ0) is 2.00. The van der Waals surface area contributed by atoms with Crippen LogP contribution in [0, 0.1) is 12.8 Å². The van der Waals surface area contributed by atoms with Gasteiger partial charge in [0.2, 0.25) is 0 Å². The molecule has 0 aromatic carbocycles. The molecule has 0 fully saturated rings. The van der Waals surface area contributed by atoms with Crippen LogP contribution in [0.3, 0.4) is 0 Å². The molecule has 0 aromatic heterocycles. The topological polar surface area (TPSA) is 0 Å². The number of rotatable bonds is 0. The highest BCUT2D eigenvalue weighted by molar-refractivity contribution is 4.47. The van der Waals surface area contributed by atoms with Gasteiger partial charge >= 0.3 is 0 Å². The van der Waals surface area contributed by atoms with Gasteiger partial charge in [0.15, 0.2) is 0 Å². The zero-order valence-corrected chi connectivity index (χ0v) is 1.15. The molecule has 0 nitrogen and oxygen atoms in total. The van der Waals surface area contributed by atoms with Crippen LogP contribution in [0.5, 0.6) is 0 Å². The Morgan fingerprint density at radius 3 is 0.333 bits per heavy atom. The molecule has 0 aromatic rings. The number of terminal acetylenes is 1. The van der Waals surface area contributed by atoms with E-state index in [0.717, 1.165) is 0 Å². The Bertz CT molecular complexity index is 4.75. The first kappa shape index (κ1) is 1560. The second-order valence-corrected chi connectivity index (χ2v) is 0. The van der Waals surface area contributed by atoms with Gasteiger partial charge in [0, 0.05) is 0 Å². The van der Waals surface area contributed by atoms with Gasteiger partial charge in [-0.15, -0.1) is 12.8 Å². The maximum Gasteiger partial charge on any atom is -0.0776 e. The third-order valence-corrected chi connectivity index (χ3v) is 0. The van der Waals surface area contributed by atoms with E-state index in [4.69, 9.17) is 0 Å². The Morgan fingerprint density at radius 2 is 0.333 bits per heavy atom. The first-order valence-electron chi connectivity index (χ1n) is 0.333. The summed E-state index contributed by atoms with van der Waals surface area (Å²) in [5, 5.41) is 0. The van der Waals surface area contributed by atoms with Crippen molar-refractivity contribution in [3.8, 4) is 12.8 Å². The normalized spacial score (nSPS) is 0.222. The molecule has 0 atom stereocenters. The van der Waals surface area contributed by atoms with Crippen molar-refractivity contribution in [2.45, 2.75) is 52.0 Å².